The third-order valence-electron chi connectivity index (χ3n) is 5.23. The van der Waals surface area contributed by atoms with Crippen molar-refractivity contribution in [3.63, 3.8) is 0 Å². The second kappa shape index (κ2) is 9.10. The monoisotopic (exact) mass is 470 g/mol. The Morgan fingerprint density at radius 2 is 1.62 bits per heavy atom. The molecule has 32 heavy (non-hydrogen) atoms. The standard InChI is InChI=1S/C24H17Cl2FN2O3/c25-17-7-11-19(12-8-17)29-22(30)13-21(24(29)32)28(14-16-3-1-2-4-20(16)26)23(31)15-5-9-18(27)10-6-15/h1-12,21H,13-14H2. The molecular weight excluding hydrogens is 454 g/mol. The van der Waals surface area contributed by atoms with E-state index in [0.717, 1.165) is 4.90 Å². The minimum Gasteiger partial charge on any atom is -0.322 e. The van der Waals surface area contributed by atoms with E-state index in [1.165, 1.54) is 29.2 Å². The summed E-state index contributed by atoms with van der Waals surface area (Å²) in [5.74, 6) is -1.95. The molecule has 1 saturated heterocycles. The highest BCUT2D eigenvalue weighted by Gasteiger charge is 2.44. The van der Waals surface area contributed by atoms with Crippen LogP contribution in [0.1, 0.15) is 22.3 Å². The molecule has 1 atom stereocenters. The zero-order valence-electron chi connectivity index (χ0n) is 16.7. The largest absolute Gasteiger partial charge is 0.322 e. The summed E-state index contributed by atoms with van der Waals surface area (Å²) in [6, 6.07) is 17.2. The van der Waals surface area contributed by atoms with Gasteiger partial charge in [-0.3, -0.25) is 14.4 Å². The van der Waals surface area contributed by atoms with Crippen molar-refractivity contribution in [3.05, 3.63) is 99.8 Å². The van der Waals surface area contributed by atoms with Crippen LogP contribution in [-0.2, 0) is 16.1 Å². The molecule has 0 aromatic heterocycles. The molecule has 0 saturated carbocycles. The fourth-order valence-corrected chi connectivity index (χ4v) is 3.93. The molecule has 3 aromatic carbocycles. The minimum absolute atomic E-state index is 0.00796. The van der Waals surface area contributed by atoms with Crippen LogP contribution in [0.15, 0.2) is 72.8 Å². The van der Waals surface area contributed by atoms with Crippen LogP contribution in [0, 0.1) is 5.82 Å². The summed E-state index contributed by atoms with van der Waals surface area (Å²) in [6.45, 7) is 0.00796. The maximum Gasteiger partial charge on any atom is 0.257 e. The molecule has 0 radical (unpaired) electrons. The molecule has 1 aliphatic rings. The van der Waals surface area contributed by atoms with Gasteiger partial charge in [0.2, 0.25) is 5.91 Å². The molecule has 0 bridgehead atoms. The summed E-state index contributed by atoms with van der Waals surface area (Å²) in [7, 11) is 0. The van der Waals surface area contributed by atoms with Gasteiger partial charge in [0.15, 0.2) is 0 Å². The fourth-order valence-electron chi connectivity index (χ4n) is 3.61. The highest BCUT2D eigenvalue weighted by molar-refractivity contribution is 6.31. The molecule has 3 aromatic rings. The van der Waals surface area contributed by atoms with Crippen LogP contribution in [0.5, 0.6) is 0 Å². The molecule has 1 unspecified atom stereocenters. The Morgan fingerprint density at radius 3 is 2.28 bits per heavy atom. The van der Waals surface area contributed by atoms with Gasteiger partial charge in [-0.2, -0.15) is 0 Å². The van der Waals surface area contributed by atoms with Crippen molar-refractivity contribution in [1.82, 2.24) is 4.90 Å². The van der Waals surface area contributed by atoms with E-state index in [1.54, 1.807) is 48.5 Å². The van der Waals surface area contributed by atoms with Crippen molar-refractivity contribution in [2.24, 2.45) is 0 Å². The van der Waals surface area contributed by atoms with Crippen molar-refractivity contribution < 1.29 is 18.8 Å². The maximum absolute atomic E-state index is 13.4. The molecule has 0 aliphatic carbocycles. The molecule has 3 amide bonds. The van der Waals surface area contributed by atoms with E-state index in [1.807, 2.05) is 0 Å². The van der Waals surface area contributed by atoms with Crippen molar-refractivity contribution >= 4 is 46.6 Å². The number of imide groups is 1. The molecule has 5 nitrogen and oxygen atoms in total. The molecule has 4 rings (SSSR count). The van der Waals surface area contributed by atoms with Crippen LogP contribution in [0.2, 0.25) is 10.0 Å². The van der Waals surface area contributed by atoms with E-state index < -0.39 is 29.6 Å². The average molecular weight is 471 g/mol. The molecule has 0 spiro atoms. The molecule has 0 N–H and O–H groups in total. The van der Waals surface area contributed by atoms with Gasteiger partial charge in [0.05, 0.1) is 12.1 Å². The van der Waals surface area contributed by atoms with Gasteiger partial charge in [-0.25, -0.2) is 9.29 Å². The predicted molar refractivity (Wildman–Crippen MR) is 120 cm³/mol. The number of hydrogen-bond donors (Lipinski definition) is 0. The van der Waals surface area contributed by atoms with Crippen molar-refractivity contribution in [3.8, 4) is 0 Å². The molecule has 162 valence electrons. The van der Waals surface area contributed by atoms with Gasteiger partial charge < -0.3 is 4.90 Å². The van der Waals surface area contributed by atoms with Crippen molar-refractivity contribution in [2.45, 2.75) is 19.0 Å². The third kappa shape index (κ3) is 4.38. The van der Waals surface area contributed by atoms with E-state index in [-0.39, 0.29) is 18.5 Å². The van der Waals surface area contributed by atoms with E-state index in [2.05, 4.69) is 0 Å². The number of hydrogen-bond acceptors (Lipinski definition) is 3. The number of anilines is 1. The zero-order valence-corrected chi connectivity index (χ0v) is 18.2. The first-order valence-electron chi connectivity index (χ1n) is 9.77. The number of benzene rings is 3. The topological polar surface area (TPSA) is 57.7 Å². The predicted octanol–water partition coefficient (Wildman–Crippen LogP) is 5.11. The lowest BCUT2D eigenvalue weighted by Crippen LogP contribution is -2.45. The lowest BCUT2D eigenvalue weighted by Gasteiger charge is -2.28. The van der Waals surface area contributed by atoms with E-state index in [4.69, 9.17) is 23.2 Å². The molecule has 1 aliphatic heterocycles. The minimum atomic E-state index is -1.04. The quantitative estimate of drug-likeness (QED) is 0.487. The number of halogens is 3. The smallest absolute Gasteiger partial charge is 0.257 e. The van der Waals surface area contributed by atoms with Gasteiger partial charge in [-0.05, 0) is 60.2 Å². The first-order chi connectivity index (χ1) is 15.3. The van der Waals surface area contributed by atoms with Crippen LogP contribution < -0.4 is 4.90 Å². The maximum atomic E-state index is 13.4. The summed E-state index contributed by atoms with van der Waals surface area (Å²) in [4.78, 5) is 41.8. The highest BCUT2D eigenvalue weighted by atomic mass is 35.5. The Bertz CT molecular complexity index is 1180. The number of rotatable bonds is 5. The number of nitrogens with zero attached hydrogens (tertiary/aromatic N) is 2. The average Bonchev–Trinajstić information content (AvgIpc) is 3.07. The second-order valence-corrected chi connectivity index (χ2v) is 8.14. The number of carbonyl (C=O) groups excluding carboxylic acids is 3. The summed E-state index contributed by atoms with van der Waals surface area (Å²) in [5.41, 5.74) is 1.19. The van der Waals surface area contributed by atoms with Crippen molar-refractivity contribution in [2.75, 3.05) is 4.90 Å². The second-order valence-electron chi connectivity index (χ2n) is 7.30. The lowest BCUT2D eigenvalue weighted by molar-refractivity contribution is -0.122. The van der Waals surface area contributed by atoms with Crippen LogP contribution >= 0.6 is 23.2 Å². The number of carbonyl (C=O) groups is 3. The van der Waals surface area contributed by atoms with Gasteiger partial charge in [-0.15, -0.1) is 0 Å². The Labute approximate surface area is 194 Å². The zero-order chi connectivity index (χ0) is 22.8. The molecular formula is C24H17Cl2FN2O3. The van der Waals surface area contributed by atoms with Crippen molar-refractivity contribution in [1.29, 1.82) is 0 Å². The van der Waals surface area contributed by atoms with Gasteiger partial charge >= 0.3 is 0 Å². The SMILES string of the molecule is O=C1CC(N(Cc2ccccc2Cl)C(=O)c2ccc(F)cc2)C(=O)N1c1ccc(Cl)cc1. The Morgan fingerprint density at radius 1 is 0.969 bits per heavy atom. The highest BCUT2D eigenvalue weighted by Crippen LogP contribution is 2.29. The Hall–Kier alpha value is -3.22. The Balaban J connectivity index is 1.70. The summed E-state index contributed by atoms with van der Waals surface area (Å²) in [5, 5.41) is 0.895. The van der Waals surface area contributed by atoms with Crippen LogP contribution in [-0.4, -0.2) is 28.7 Å². The van der Waals surface area contributed by atoms with Crippen LogP contribution in [0.3, 0.4) is 0 Å². The fraction of sp³-hybridized carbons (Fsp3) is 0.125. The van der Waals surface area contributed by atoms with Crippen LogP contribution in [0.4, 0.5) is 10.1 Å². The summed E-state index contributed by atoms with van der Waals surface area (Å²) < 4.78 is 13.4. The normalized spacial score (nSPS) is 15.8. The van der Waals surface area contributed by atoms with Gasteiger partial charge in [-0.1, -0.05) is 41.4 Å². The van der Waals surface area contributed by atoms with E-state index in [0.29, 0.717) is 21.3 Å². The summed E-state index contributed by atoms with van der Waals surface area (Å²) >= 11 is 12.2. The molecule has 1 fully saturated rings. The van der Waals surface area contributed by atoms with Crippen LogP contribution in [0.25, 0.3) is 0 Å². The molecule has 1 heterocycles. The molecule has 8 heteroatoms. The van der Waals surface area contributed by atoms with Gasteiger partial charge in [0.1, 0.15) is 11.9 Å². The van der Waals surface area contributed by atoms with E-state index >= 15 is 0 Å². The lowest BCUT2D eigenvalue weighted by atomic mass is 10.1. The first kappa shape index (κ1) is 22.0. The Kier molecular flexibility index (Phi) is 6.26. The van der Waals surface area contributed by atoms with Gasteiger partial charge in [0.25, 0.3) is 11.8 Å². The third-order valence-corrected chi connectivity index (χ3v) is 5.86. The number of amides is 3. The summed E-state index contributed by atoms with van der Waals surface area (Å²) in [6.07, 6.45) is -0.182. The van der Waals surface area contributed by atoms with Gasteiger partial charge in [0, 0.05) is 22.2 Å². The van der Waals surface area contributed by atoms with E-state index in [9.17, 15) is 18.8 Å². The first-order valence-corrected chi connectivity index (χ1v) is 10.5.